The van der Waals surface area contributed by atoms with Crippen LogP contribution in [0.2, 0.25) is 0 Å². The Hall–Kier alpha value is -1.44. The van der Waals surface area contributed by atoms with Crippen molar-refractivity contribution in [2.75, 3.05) is 13.6 Å². The number of aliphatic carboxylic acids is 1. The topological polar surface area (TPSA) is 93.1 Å². The lowest BCUT2D eigenvalue weighted by atomic mass is 9.84. The molecule has 0 bridgehead atoms. The fourth-order valence-corrected chi connectivity index (χ4v) is 4.36. The smallest absolute Gasteiger partial charge is 0.331 e. The highest BCUT2D eigenvalue weighted by Crippen LogP contribution is 2.27. The number of piperidine rings is 1. The van der Waals surface area contributed by atoms with Crippen LogP contribution in [0.1, 0.15) is 74.7 Å². The van der Waals surface area contributed by atoms with Crippen molar-refractivity contribution in [2.45, 2.75) is 105 Å². The summed E-state index contributed by atoms with van der Waals surface area (Å²) in [7, 11) is 1.71. The Morgan fingerprint density at radius 3 is 2.19 bits per heavy atom. The lowest BCUT2D eigenvalue weighted by Crippen LogP contribution is -2.62. The second kappa shape index (κ2) is 11.4. The van der Waals surface area contributed by atoms with E-state index in [1.165, 1.54) is 0 Å². The summed E-state index contributed by atoms with van der Waals surface area (Å²) in [5.41, 5.74) is -0.218. The Balaban J connectivity index is 3.13. The standard InChI is InChI=1S/C24H45N3O4/c1-15(2)19(14-17(5)23(30)31)26(9)22(29)20(24(6,7)8)25-21(28)18-12-10-11-13-27(18)16(3)4/h14-16,18-21,25,28H,10-13H2,1-9H3,(H,30,31)/b17-14+/t18?,19-,20-,21-/m1/s1. The first-order chi connectivity index (χ1) is 14.2. The third-order valence-corrected chi connectivity index (χ3v) is 6.31. The average molecular weight is 440 g/mol. The van der Waals surface area contributed by atoms with Crippen LogP contribution in [0.15, 0.2) is 11.6 Å². The van der Waals surface area contributed by atoms with E-state index >= 15 is 0 Å². The van der Waals surface area contributed by atoms with Gasteiger partial charge in [0.25, 0.3) is 0 Å². The number of nitrogens with one attached hydrogen (secondary N) is 1. The molecule has 7 heteroatoms. The van der Waals surface area contributed by atoms with Gasteiger partial charge in [-0.05, 0) is 51.5 Å². The van der Waals surface area contributed by atoms with Crippen LogP contribution in [-0.4, -0.2) is 75.9 Å². The summed E-state index contributed by atoms with van der Waals surface area (Å²) in [4.78, 5) is 28.8. The number of aliphatic hydroxyl groups is 1. The van der Waals surface area contributed by atoms with Gasteiger partial charge >= 0.3 is 5.97 Å². The number of carboxylic acids is 1. The molecule has 3 N–H and O–H groups in total. The monoisotopic (exact) mass is 439 g/mol. The summed E-state index contributed by atoms with van der Waals surface area (Å²) in [5, 5.41) is 23.6. The predicted molar refractivity (Wildman–Crippen MR) is 125 cm³/mol. The van der Waals surface area contributed by atoms with Gasteiger partial charge in [0, 0.05) is 24.7 Å². The van der Waals surface area contributed by atoms with Crippen LogP contribution in [0.4, 0.5) is 0 Å². The zero-order valence-corrected chi connectivity index (χ0v) is 21.0. The molecule has 1 fully saturated rings. The summed E-state index contributed by atoms with van der Waals surface area (Å²) in [6.07, 6.45) is 3.90. The highest BCUT2D eigenvalue weighted by molar-refractivity contribution is 5.86. The zero-order chi connectivity index (χ0) is 24.1. The molecule has 0 aromatic carbocycles. The van der Waals surface area contributed by atoms with Crippen molar-refractivity contribution in [1.82, 2.24) is 15.1 Å². The van der Waals surface area contributed by atoms with Gasteiger partial charge in [0.05, 0.1) is 12.1 Å². The van der Waals surface area contributed by atoms with Gasteiger partial charge in [0.1, 0.15) is 6.23 Å². The Labute approximate surface area is 188 Å². The Kier molecular flexibility index (Phi) is 10.2. The largest absolute Gasteiger partial charge is 0.478 e. The molecule has 0 radical (unpaired) electrons. The van der Waals surface area contributed by atoms with Crippen molar-refractivity contribution in [3.63, 3.8) is 0 Å². The second-order valence-electron chi connectivity index (χ2n) is 10.6. The number of carbonyl (C=O) groups is 2. The molecule has 1 aliphatic rings. The van der Waals surface area contributed by atoms with Gasteiger partial charge in [-0.2, -0.15) is 0 Å². The summed E-state index contributed by atoms with van der Waals surface area (Å²) in [5.74, 6) is -1.09. The molecule has 4 atom stereocenters. The number of nitrogens with zero attached hydrogens (tertiary/aromatic N) is 2. The maximum absolute atomic E-state index is 13.6. The molecule has 0 saturated carbocycles. The minimum Gasteiger partial charge on any atom is -0.478 e. The third-order valence-electron chi connectivity index (χ3n) is 6.31. The van der Waals surface area contributed by atoms with Crippen LogP contribution in [0.25, 0.3) is 0 Å². The third kappa shape index (κ3) is 7.58. The van der Waals surface area contributed by atoms with E-state index < -0.39 is 23.7 Å². The maximum Gasteiger partial charge on any atom is 0.331 e. The van der Waals surface area contributed by atoms with Crippen molar-refractivity contribution in [3.05, 3.63) is 11.6 Å². The molecule has 7 nitrogen and oxygen atoms in total. The molecule has 180 valence electrons. The number of rotatable bonds is 9. The molecular weight excluding hydrogens is 394 g/mol. The molecule has 31 heavy (non-hydrogen) atoms. The Morgan fingerprint density at radius 1 is 1.16 bits per heavy atom. The number of hydrogen-bond donors (Lipinski definition) is 3. The Morgan fingerprint density at radius 2 is 1.74 bits per heavy atom. The minimum atomic E-state index is -0.988. The predicted octanol–water partition coefficient (Wildman–Crippen LogP) is 3.09. The van der Waals surface area contributed by atoms with Crippen molar-refractivity contribution >= 4 is 11.9 Å². The van der Waals surface area contributed by atoms with Gasteiger partial charge in [-0.3, -0.25) is 15.0 Å². The van der Waals surface area contributed by atoms with Gasteiger partial charge in [-0.25, -0.2) is 4.79 Å². The van der Waals surface area contributed by atoms with E-state index in [0.717, 1.165) is 25.8 Å². The van der Waals surface area contributed by atoms with E-state index in [-0.39, 0.29) is 29.5 Å². The van der Waals surface area contributed by atoms with Gasteiger partial charge in [-0.1, -0.05) is 47.1 Å². The van der Waals surface area contributed by atoms with Crippen LogP contribution < -0.4 is 5.32 Å². The van der Waals surface area contributed by atoms with Crippen molar-refractivity contribution in [2.24, 2.45) is 11.3 Å². The van der Waals surface area contributed by atoms with Crippen molar-refractivity contribution < 1.29 is 19.8 Å². The number of aliphatic hydroxyl groups excluding tert-OH is 1. The first-order valence-corrected chi connectivity index (χ1v) is 11.6. The lowest BCUT2D eigenvalue weighted by Gasteiger charge is -2.44. The summed E-state index contributed by atoms with van der Waals surface area (Å²) >= 11 is 0. The maximum atomic E-state index is 13.6. The van der Waals surface area contributed by atoms with E-state index in [9.17, 15) is 19.8 Å². The SMILES string of the molecule is C/C(=C\[C@H](C(C)C)N(C)C(=O)[C@@H](N[C@H](O)C1CCCCN1C(C)C)C(C)(C)C)C(=O)O. The molecule has 0 aliphatic carbocycles. The molecule has 1 amide bonds. The van der Waals surface area contributed by atoms with Crippen LogP contribution in [-0.2, 0) is 9.59 Å². The van der Waals surface area contributed by atoms with E-state index in [1.807, 2.05) is 34.6 Å². The number of amides is 1. The van der Waals surface area contributed by atoms with Gasteiger partial charge in [-0.15, -0.1) is 0 Å². The molecule has 0 aromatic heterocycles. The van der Waals surface area contributed by atoms with Gasteiger partial charge < -0.3 is 15.1 Å². The normalized spacial score (nSPS) is 21.8. The van der Waals surface area contributed by atoms with Crippen LogP contribution in [0, 0.1) is 11.3 Å². The van der Waals surface area contributed by atoms with Crippen LogP contribution >= 0.6 is 0 Å². The molecular formula is C24H45N3O4. The van der Waals surface area contributed by atoms with E-state index in [1.54, 1.807) is 24.9 Å². The molecule has 1 rings (SSSR count). The lowest BCUT2D eigenvalue weighted by molar-refractivity contribution is -0.139. The number of carbonyl (C=O) groups excluding carboxylic acids is 1. The molecule has 1 saturated heterocycles. The molecule has 0 aromatic rings. The number of carboxylic acid groups (broad SMARTS) is 1. The van der Waals surface area contributed by atoms with E-state index in [0.29, 0.717) is 6.04 Å². The van der Waals surface area contributed by atoms with Crippen molar-refractivity contribution in [1.29, 1.82) is 0 Å². The Bertz CT molecular complexity index is 639. The van der Waals surface area contributed by atoms with Crippen molar-refractivity contribution in [3.8, 4) is 0 Å². The van der Waals surface area contributed by atoms with Crippen LogP contribution in [0.3, 0.4) is 0 Å². The fourth-order valence-electron chi connectivity index (χ4n) is 4.36. The first-order valence-electron chi connectivity index (χ1n) is 11.6. The molecule has 1 unspecified atom stereocenters. The quantitative estimate of drug-likeness (QED) is 0.378. The minimum absolute atomic E-state index is 0.0354. The van der Waals surface area contributed by atoms with Crippen LogP contribution in [0.5, 0.6) is 0 Å². The van der Waals surface area contributed by atoms with Gasteiger partial charge in [0.15, 0.2) is 0 Å². The second-order valence-corrected chi connectivity index (χ2v) is 10.6. The fraction of sp³-hybridized carbons (Fsp3) is 0.833. The molecule has 1 heterocycles. The first kappa shape index (κ1) is 27.6. The summed E-state index contributed by atoms with van der Waals surface area (Å²) in [6.45, 7) is 16.6. The average Bonchev–Trinajstić information content (AvgIpc) is 2.67. The molecule has 1 aliphatic heterocycles. The number of hydrogen-bond acceptors (Lipinski definition) is 5. The zero-order valence-electron chi connectivity index (χ0n) is 21.0. The number of likely N-dealkylation sites (tertiary alicyclic amines) is 1. The highest BCUT2D eigenvalue weighted by atomic mass is 16.4. The highest BCUT2D eigenvalue weighted by Gasteiger charge is 2.39. The van der Waals surface area contributed by atoms with E-state index in [2.05, 4.69) is 24.1 Å². The summed E-state index contributed by atoms with van der Waals surface area (Å²) in [6, 6.07) is -0.674. The van der Waals surface area contributed by atoms with Gasteiger partial charge in [0.2, 0.25) is 5.91 Å². The van der Waals surface area contributed by atoms with E-state index in [4.69, 9.17) is 0 Å². The summed E-state index contributed by atoms with van der Waals surface area (Å²) < 4.78 is 0. The molecule has 0 spiro atoms. The number of likely N-dealkylation sites (N-methyl/N-ethyl adjacent to an activating group) is 1.